The van der Waals surface area contributed by atoms with E-state index in [4.69, 9.17) is 0 Å². The van der Waals surface area contributed by atoms with Gasteiger partial charge in [0.1, 0.15) is 0 Å². The molecule has 0 radical (unpaired) electrons. The third-order valence-corrected chi connectivity index (χ3v) is 2.61. The van der Waals surface area contributed by atoms with Crippen molar-refractivity contribution in [3.8, 4) is 23.7 Å². The Hall–Kier alpha value is -0.530. The Morgan fingerprint density at radius 2 is 1.20 bits per heavy atom. The Morgan fingerprint density at radius 3 is 1.60 bits per heavy atom. The van der Waals surface area contributed by atoms with Gasteiger partial charge in [-0.15, -0.1) is 23.6 Å². The molecule has 0 atom stereocenters. The highest BCUT2D eigenvalue weighted by Crippen LogP contribution is 1.97. The van der Waals surface area contributed by atoms with Gasteiger partial charge in [-0.25, -0.2) is 0 Å². The van der Waals surface area contributed by atoms with E-state index in [0.29, 0.717) is 0 Å². The van der Waals surface area contributed by atoms with Gasteiger partial charge in [-0.2, -0.15) is 0 Å². The van der Waals surface area contributed by atoms with Crippen molar-refractivity contribution in [3.05, 3.63) is 0 Å². The molecule has 0 fully saturated rings. The van der Waals surface area contributed by atoms with Gasteiger partial charge in [0.2, 0.25) is 0 Å². The van der Waals surface area contributed by atoms with Gasteiger partial charge in [0.15, 0.2) is 0 Å². The lowest BCUT2D eigenvalue weighted by atomic mass is 10.3. The summed E-state index contributed by atoms with van der Waals surface area (Å²) in [5.41, 5.74) is 0. The quantitative estimate of drug-likeness (QED) is 0.481. The molecule has 0 aliphatic rings. The topological polar surface area (TPSA) is 0 Å². The molecular formula is C14H22S. The van der Waals surface area contributed by atoms with Crippen LogP contribution in [-0.2, 0) is 0 Å². The van der Waals surface area contributed by atoms with E-state index in [0.717, 1.165) is 24.3 Å². The summed E-state index contributed by atoms with van der Waals surface area (Å²) in [5, 5.41) is 0. The average Bonchev–Trinajstić information content (AvgIpc) is 2.26. The summed E-state index contributed by atoms with van der Waals surface area (Å²) in [5.74, 6) is 14.6. The summed E-state index contributed by atoms with van der Waals surface area (Å²) in [4.78, 5) is 0. The normalized spacial score (nSPS) is 8.67. The summed E-state index contributed by atoms with van der Waals surface area (Å²) in [6.45, 7) is 4.39. The minimum atomic E-state index is 0.937. The summed E-state index contributed by atoms with van der Waals surface area (Å²) < 4.78 is 0. The van der Waals surface area contributed by atoms with Crippen molar-refractivity contribution in [2.45, 2.75) is 52.4 Å². The zero-order chi connectivity index (χ0) is 11.2. The molecule has 0 N–H and O–H groups in total. The molecule has 0 unspecified atom stereocenters. The summed E-state index contributed by atoms with van der Waals surface area (Å²) >= 11 is 1.82. The van der Waals surface area contributed by atoms with Crippen LogP contribution in [0.2, 0.25) is 0 Å². The Balaban J connectivity index is 3.21. The molecule has 0 bridgehead atoms. The van der Waals surface area contributed by atoms with Crippen LogP contribution in [0, 0.1) is 23.7 Å². The number of hydrogen-bond acceptors (Lipinski definition) is 1. The SMILES string of the molecule is CCCCC#CCSCC#CCCCC. The zero-order valence-electron chi connectivity index (χ0n) is 10.1. The van der Waals surface area contributed by atoms with Gasteiger partial charge in [0.05, 0.1) is 11.5 Å². The second kappa shape index (κ2) is 13.5. The van der Waals surface area contributed by atoms with Gasteiger partial charge in [0, 0.05) is 12.8 Å². The predicted octanol–water partition coefficient (Wildman–Crippen LogP) is 4.11. The molecule has 0 saturated heterocycles. The Morgan fingerprint density at radius 1 is 0.733 bits per heavy atom. The van der Waals surface area contributed by atoms with Gasteiger partial charge in [-0.1, -0.05) is 38.5 Å². The fourth-order valence-corrected chi connectivity index (χ4v) is 1.47. The van der Waals surface area contributed by atoms with E-state index in [1.54, 1.807) is 0 Å². The number of thioether (sulfide) groups is 1. The first-order valence-corrected chi connectivity index (χ1v) is 7.06. The lowest BCUT2D eigenvalue weighted by Gasteiger charge is -1.87. The van der Waals surface area contributed by atoms with Gasteiger partial charge in [-0.3, -0.25) is 0 Å². The Labute approximate surface area is 99.6 Å². The molecule has 0 rings (SSSR count). The van der Waals surface area contributed by atoms with Crippen LogP contribution in [0.1, 0.15) is 52.4 Å². The average molecular weight is 222 g/mol. The van der Waals surface area contributed by atoms with Crippen molar-refractivity contribution in [1.29, 1.82) is 0 Å². The summed E-state index contributed by atoms with van der Waals surface area (Å²) in [6.07, 6.45) is 7.05. The van der Waals surface area contributed by atoms with E-state index in [-0.39, 0.29) is 0 Å². The lowest BCUT2D eigenvalue weighted by Crippen LogP contribution is -1.76. The van der Waals surface area contributed by atoms with E-state index in [1.165, 1.54) is 25.7 Å². The van der Waals surface area contributed by atoms with Crippen molar-refractivity contribution in [1.82, 2.24) is 0 Å². The molecule has 0 aliphatic heterocycles. The van der Waals surface area contributed by atoms with Crippen molar-refractivity contribution in [3.63, 3.8) is 0 Å². The maximum absolute atomic E-state index is 3.18. The molecule has 0 aromatic rings. The van der Waals surface area contributed by atoms with E-state index >= 15 is 0 Å². The fourth-order valence-electron chi connectivity index (χ4n) is 0.962. The van der Waals surface area contributed by atoms with E-state index in [2.05, 4.69) is 37.5 Å². The molecule has 0 aromatic carbocycles. The van der Waals surface area contributed by atoms with Crippen LogP contribution < -0.4 is 0 Å². The molecule has 0 aromatic heterocycles. The minimum absolute atomic E-state index is 0.937. The van der Waals surface area contributed by atoms with Crippen molar-refractivity contribution >= 4 is 11.8 Å². The van der Waals surface area contributed by atoms with Crippen molar-refractivity contribution < 1.29 is 0 Å². The molecule has 0 spiro atoms. The third-order valence-electron chi connectivity index (χ3n) is 1.91. The van der Waals surface area contributed by atoms with Crippen LogP contribution in [0.5, 0.6) is 0 Å². The van der Waals surface area contributed by atoms with Gasteiger partial charge < -0.3 is 0 Å². The first kappa shape index (κ1) is 14.5. The van der Waals surface area contributed by atoms with Gasteiger partial charge in [0.25, 0.3) is 0 Å². The number of hydrogen-bond donors (Lipinski definition) is 0. The lowest BCUT2D eigenvalue weighted by molar-refractivity contribution is 0.828. The minimum Gasteiger partial charge on any atom is -0.136 e. The van der Waals surface area contributed by atoms with E-state index < -0.39 is 0 Å². The molecule has 0 nitrogen and oxygen atoms in total. The molecule has 0 saturated carbocycles. The maximum Gasteiger partial charge on any atom is 0.0557 e. The molecular weight excluding hydrogens is 200 g/mol. The van der Waals surface area contributed by atoms with Crippen LogP contribution in [-0.4, -0.2) is 11.5 Å². The second-order valence-electron chi connectivity index (χ2n) is 3.41. The molecule has 0 amide bonds. The first-order chi connectivity index (χ1) is 7.41. The maximum atomic E-state index is 3.18. The van der Waals surface area contributed by atoms with E-state index in [9.17, 15) is 0 Å². The van der Waals surface area contributed by atoms with Crippen molar-refractivity contribution in [2.24, 2.45) is 0 Å². The van der Waals surface area contributed by atoms with Crippen molar-refractivity contribution in [2.75, 3.05) is 11.5 Å². The highest BCUT2D eigenvalue weighted by atomic mass is 32.2. The van der Waals surface area contributed by atoms with Crippen LogP contribution in [0.3, 0.4) is 0 Å². The third kappa shape index (κ3) is 13.5. The van der Waals surface area contributed by atoms with E-state index in [1.807, 2.05) is 11.8 Å². The number of rotatable bonds is 6. The van der Waals surface area contributed by atoms with Crippen LogP contribution in [0.15, 0.2) is 0 Å². The fraction of sp³-hybridized carbons (Fsp3) is 0.714. The zero-order valence-corrected chi connectivity index (χ0v) is 10.9. The molecule has 1 heteroatoms. The highest BCUT2D eigenvalue weighted by Gasteiger charge is 1.80. The first-order valence-electron chi connectivity index (χ1n) is 5.91. The van der Waals surface area contributed by atoms with Gasteiger partial charge in [-0.05, 0) is 12.8 Å². The Kier molecular flexibility index (Phi) is 13.0. The largest absolute Gasteiger partial charge is 0.136 e. The van der Waals surface area contributed by atoms with Crippen LogP contribution in [0.4, 0.5) is 0 Å². The molecule has 0 aliphatic carbocycles. The standard InChI is InChI=1S/C14H22S/c1-3-5-7-9-11-13-15-14-12-10-8-6-4-2/h3-8,13-14H2,1-2H3. The molecule has 84 valence electrons. The van der Waals surface area contributed by atoms with Crippen LogP contribution >= 0.6 is 11.8 Å². The Bertz CT molecular complexity index is 208. The van der Waals surface area contributed by atoms with Crippen LogP contribution in [0.25, 0.3) is 0 Å². The monoisotopic (exact) mass is 222 g/mol. The molecule has 0 heterocycles. The molecule has 15 heavy (non-hydrogen) atoms. The number of unbranched alkanes of at least 4 members (excludes halogenated alkanes) is 4. The summed E-state index contributed by atoms with van der Waals surface area (Å²) in [7, 11) is 0. The predicted molar refractivity (Wildman–Crippen MR) is 71.9 cm³/mol. The highest BCUT2D eigenvalue weighted by molar-refractivity contribution is 7.99. The summed E-state index contributed by atoms with van der Waals surface area (Å²) in [6, 6.07) is 0. The second-order valence-corrected chi connectivity index (χ2v) is 4.39. The van der Waals surface area contributed by atoms with Gasteiger partial charge >= 0.3 is 0 Å². The smallest absolute Gasteiger partial charge is 0.0557 e.